The Morgan fingerprint density at radius 1 is 1.50 bits per heavy atom. The molecule has 0 aliphatic heterocycles. The molecule has 0 aliphatic carbocycles. The van der Waals surface area contributed by atoms with Crippen LogP contribution < -0.4 is 16.4 Å². The smallest absolute Gasteiger partial charge is 0.320 e. The Kier molecular flexibility index (Phi) is 7.87. The summed E-state index contributed by atoms with van der Waals surface area (Å²) < 4.78 is 0. The number of nitrogens with one attached hydrogen (secondary N) is 2. The molecular weight excluding hydrogens is 202 g/mol. The lowest BCUT2D eigenvalue weighted by atomic mass is 10.2. The molecule has 0 fully saturated rings. The number of hydrogen-bond acceptors (Lipinski definition) is 5. The molecule has 0 rings (SSSR count). The van der Waals surface area contributed by atoms with Crippen LogP contribution in [0.25, 0.3) is 0 Å². The van der Waals surface area contributed by atoms with Gasteiger partial charge >= 0.3 is 5.97 Å². The number of thiol groups is 1. The van der Waals surface area contributed by atoms with Crippen LogP contribution in [0.5, 0.6) is 0 Å². The Balaban J connectivity index is 3.56. The van der Waals surface area contributed by atoms with Gasteiger partial charge in [0.1, 0.15) is 6.04 Å². The fourth-order valence-electron chi connectivity index (χ4n) is 0.988. The molecule has 0 aliphatic rings. The largest absolute Gasteiger partial charge is 0.480 e. The molecule has 5 N–H and O–H groups in total. The van der Waals surface area contributed by atoms with Crippen molar-refractivity contribution in [3.63, 3.8) is 0 Å². The monoisotopic (exact) mass is 221 g/mol. The second kappa shape index (κ2) is 8.05. The molecule has 0 spiro atoms. The van der Waals surface area contributed by atoms with Crippen LogP contribution in [0.3, 0.4) is 0 Å². The average Bonchev–Trinajstić information content (AvgIpc) is 2.09. The van der Waals surface area contributed by atoms with Crippen molar-refractivity contribution >= 4 is 18.6 Å². The zero-order chi connectivity index (χ0) is 11.0. The first-order valence-corrected chi connectivity index (χ1v) is 5.27. The maximum absolute atomic E-state index is 10.7. The fourth-order valence-corrected chi connectivity index (χ4v) is 1.25. The van der Waals surface area contributed by atoms with Crippen molar-refractivity contribution in [3.05, 3.63) is 0 Å². The zero-order valence-electron chi connectivity index (χ0n) is 8.36. The van der Waals surface area contributed by atoms with E-state index in [9.17, 15) is 4.79 Å². The van der Waals surface area contributed by atoms with E-state index in [-0.39, 0.29) is 6.17 Å². The van der Waals surface area contributed by atoms with E-state index in [4.69, 9.17) is 10.8 Å². The zero-order valence-corrected chi connectivity index (χ0v) is 9.26. The van der Waals surface area contributed by atoms with Gasteiger partial charge in [0, 0.05) is 13.1 Å². The van der Waals surface area contributed by atoms with E-state index in [1.807, 2.05) is 6.92 Å². The molecule has 1 unspecified atom stereocenters. The Morgan fingerprint density at radius 2 is 2.07 bits per heavy atom. The Morgan fingerprint density at radius 3 is 2.50 bits per heavy atom. The molecule has 0 amide bonds. The minimum atomic E-state index is -0.833. The Hall–Kier alpha value is -0.300. The summed E-state index contributed by atoms with van der Waals surface area (Å²) in [6.45, 7) is 3.09. The van der Waals surface area contributed by atoms with Gasteiger partial charge in [-0.25, -0.2) is 0 Å². The summed E-state index contributed by atoms with van der Waals surface area (Å²) in [4.78, 5) is 10.7. The topological polar surface area (TPSA) is 87.4 Å². The predicted octanol–water partition coefficient (Wildman–Crippen LogP) is -0.757. The third-order valence-corrected chi connectivity index (χ3v) is 1.96. The number of rotatable bonds is 8. The Labute approximate surface area is 89.8 Å². The summed E-state index contributed by atoms with van der Waals surface area (Å²) in [6.07, 6.45) is 0.460. The van der Waals surface area contributed by atoms with Crippen molar-refractivity contribution in [2.75, 3.05) is 18.8 Å². The van der Waals surface area contributed by atoms with Crippen molar-refractivity contribution in [3.8, 4) is 0 Å². The summed E-state index contributed by atoms with van der Waals surface area (Å²) >= 11 is 3.99. The molecule has 0 aromatic carbocycles. The van der Waals surface area contributed by atoms with E-state index in [0.717, 1.165) is 0 Å². The van der Waals surface area contributed by atoms with Gasteiger partial charge in [-0.1, -0.05) is 0 Å². The molecule has 0 saturated heterocycles. The lowest BCUT2D eigenvalue weighted by molar-refractivity contribution is -0.139. The molecule has 6 heteroatoms. The first-order valence-electron chi connectivity index (χ1n) is 4.64. The van der Waals surface area contributed by atoms with Gasteiger partial charge in [0.05, 0.1) is 6.17 Å². The molecule has 2 atom stereocenters. The number of aliphatic carboxylic acids is 1. The minimum Gasteiger partial charge on any atom is -0.480 e. The van der Waals surface area contributed by atoms with Crippen molar-refractivity contribution in [1.82, 2.24) is 10.6 Å². The molecule has 0 aromatic heterocycles. The number of carbonyl (C=O) groups is 1. The van der Waals surface area contributed by atoms with Gasteiger partial charge < -0.3 is 21.5 Å². The van der Waals surface area contributed by atoms with Crippen molar-refractivity contribution in [2.24, 2.45) is 5.73 Å². The molecule has 0 saturated carbocycles. The van der Waals surface area contributed by atoms with Gasteiger partial charge in [-0.2, -0.15) is 12.6 Å². The second-order valence-corrected chi connectivity index (χ2v) is 3.55. The van der Waals surface area contributed by atoms with Crippen LogP contribution in [-0.4, -0.2) is 42.1 Å². The SMILES string of the molecule is CC(N)NCCN[C@H](CCS)C(=O)O. The predicted molar refractivity (Wildman–Crippen MR) is 59.5 cm³/mol. The normalized spacial score (nSPS) is 15.1. The van der Waals surface area contributed by atoms with Gasteiger partial charge in [0.25, 0.3) is 0 Å². The number of carboxylic acids is 1. The maximum Gasteiger partial charge on any atom is 0.320 e. The molecule has 14 heavy (non-hydrogen) atoms. The molecular formula is C8H19N3O2S. The molecule has 84 valence electrons. The first-order chi connectivity index (χ1) is 6.57. The summed E-state index contributed by atoms with van der Waals surface area (Å²) in [5, 5.41) is 14.7. The third kappa shape index (κ3) is 7.14. The lowest BCUT2D eigenvalue weighted by Gasteiger charge is -2.14. The standard InChI is InChI=1S/C8H19N3O2S/c1-6(9)10-3-4-11-7(2-5-14)8(12)13/h6-7,10-11,14H,2-5,9H2,1H3,(H,12,13)/t6?,7-/m1/s1. The van der Waals surface area contributed by atoms with Crippen molar-refractivity contribution < 1.29 is 9.90 Å². The van der Waals surface area contributed by atoms with Gasteiger partial charge in [-0.05, 0) is 19.1 Å². The maximum atomic E-state index is 10.7. The summed E-state index contributed by atoms with van der Waals surface area (Å²) in [5.41, 5.74) is 5.46. The van der Waals surface area contributed by atoms with Crippen molar-refractivity contribution in [1.29, 1.82) is 0 Å². The van der Waals surface area contributed by atoms with E-state index >= 15 is 0 Å². The van der Waals surface area contributed by atoms with Crippen LogP contribution in [0, 0.1) is 0 Å². The Bertz CT molecular complexity index is 167. The van der Waals surface area contributed by atoms with E-state index in [2.05, 4.69) is 23.3 Å². The van der Waals surface area contributed by atoms with E-state index < -0.39 is 12.0 Å². The van der Waals surface area contributed by atoms with Crippen LogP contribution >= 0.6 is 12.6 Å². The van der Waals surface area contributed by atoms with Crippen molar-refractivity contribution in [2.45, 2.75) is 25.6 Å². The number of carboxylic acid groups (broad SMARTS) is 1. The highest BCUT2D eigenvalue weighted by Gasteiger charge is 2.14. The molecule has 5 nitrogen and oxygen atoms in total. The second-order valence-electron chi connectivity index (χ2n) is 3.10. The number of hydrogen-bond donors (Lipinski definition) is 5. The molecule has 0 heterocycles. The average molecular weight is 221 g/mol. The van der Waals surface area contributed by atoms with Crippen LogP contribution in [-0.2, 0) is 4.79 Å². The highest BCUT2D eigenvalue weighted by atomic mass is 32.1. The highest BCUT2D eigenvalue weighted by molar-refractivity contribution is 7.80. The van der Waals surface area contributed by atoms with E-state index in [1.54, 1.807) is 0 Å². The quantitative estimate of drug-likeness (QED) is 0.211. The van der Waals surface area contributed by atoms with Gasteiger partial charge in [-0.3, -0.25) is 4.79 Å². The van der Waals surface area contributed by atoms with E-state index in [0.29, 0.717) is 25.3 Å². The van der Waals surface area contributed by atoms with Gasteiger partial charge in [-0.15, -0.1) is 0 Å². The summed E-state index contributed by atoms with van der Waals surface area (Å²) in [6, 6.07) is -0.512. The highest BCUT2D eigenvalue weighted by Crippen LogP contribution is 1.93. The minimum absolute atomic E-state index is 0.0649. The number of nitrogens with two attached hydrogens (primary N) is 1. The van der Waals surface area contributed by atoms with Gasteiger partial charge in [0.15, 0.2) is 0 Å². The van der Waals surface area contributed by atoms with Crippen LogP contribution in [0.2, 0.25) is 0 Å². The van der Waals surface area contributed by atoms with Gasteiger partial charge in [0.2, 0.25) is 0 Å². The van der Waals surface area contributed by atoms with Crippen LogP contribution in [0.4, 0.5) is 0 Å². The van der Waals surface area contributed by atoms with E-state index in [1.165, 1.54) is 0 Å². The van der Waals surface area contributed by atoms with Crippen LogP contribution in [0.15, 0.2) is 0 Å². The molecule has 0 bridgehead atoms. The summed E-state index contributed by atoms with van der Waals surface area (Å²) in [7, 11) is 0. The first kappa shape index (κ1) is 13.7. The molecule has 0 radical (unpaired) electrons. The van der Waals surface area contributed by atoms with Crippen LogP contribution in [0.1, 0.15) is 13.3 Å². The molecule has 0 aromatic rings. The summed E-state index contributed by atoms with van der Waals surface area (Å²) in [5.74, 6) is -0.273. The fraction of sp³-hybridized carbons (Fsp3) is 0.875. The third-order valence-electron chi connectivity index (χ3n) is 1.70. The lowest BCUT2D eigenvalue weighted by Crippen LogP contribution is -2.43.